The van der Waals surface area contributed by atoms with E-state index in [2.05, 4.69) is 20.8 Å². The van der Waals surface area contributed by atoms with E-state index in [1.54, 1.807) is 6.92 Å². The summed E-state index contributed by atoms with van der Waals surface area (Å²) in [4.78, 5) is 23.1. The van der Waals surface area contributed by atoms with Crippen LogP contribution < -0.4 is 10.6 Å². The van der Waals surface area contributed by atoms with Gasteiger partial charge in [-0.15, -0.1) is 10.2 Å². The molecule has 1 rings (SSSR count). The van der Waals surface area contributed by atoms with Crippen LogP contribution in [0.25, 0.3) is 0 Å². The van der Waals surface area contributed by atoms with E-state index in [1.165, 1.54) is 23.1 Å². The van der Waals surface area contributed by atoms with Crippen LogP contribution in [0.4, 0.5) is 4.79 Å². The molecule has 0 unspecified atom stereocenters. The fraction of sp³-hybridized carbons (Fsp3) is 0.600. The molecule has 0 aliphatic rings. The van der Waals surface area contributed by atoms with E-state index in [1.807, 2.05) is 20.8 Å². The van der Waals surface area contributed by atoms with Gasteiger partial charge in [0.1, 0.15) is 5.01 Å². The smallest absolute Gasteiger partial charge is 0.321 e. The van der Waals surface area contributed by atoms with E-state index < -0.39 is 11.3 Å². The lowest BCUT2D eigenvalue weighted by Crippen LogP contribution is -2.45. The lowest BCUT2D eigenvalue weighted by molar-refractivity contribution is -0.119. The standard InChI is InChI=1S/C10H16N4O2S2/c1-5(2)11-9(16)12-8(15)6(3)17-10-14-13-7(4)18-10/h5-6H,1-4H3,(H2,11,12,15,16)/t6-/m0/s1. The van der Waals surface area contributed by atoms with Crippen LogP contribution in [0.3, 0.4) is 0 Å². The Morgan fingerprint density at radius 1 is 1.28 bits per heavy atom. The molecule has 2 N–H and O–H groups in total. The van der Waals surface area contributed by atoms with Gasteiger partial charge in [-0.2, -0.15) is 0 Å². The number of hydrogen-bond acceptors (Lipinski definition) is 6. The molecule has 0 bridgehead atoms. The molecule has 0 aliphatic heterocycles. The quantitative estimate of drug-likeness (QED) is 0.821. The van der Waals surface area contributed by atoms with Crippen LogP contribution in [0.5, 0.6) is 0 Å². The summed E-state index contributed by atoms with van der Waals surface area (Å²) in [6, 6.07) is -0.484. The highest BCUT2D eigenvalue weighted by atomic mass is 32.2. The third kappa shape index (κ3) is 5.01. The lowest BCUT2D eigenvalue weighted by Gasteiger charge is -2.11. The molecule has 0 saturated heterocycles. The molecule has 0 saturated carbocycles. The summed E-state index contributed by atoms with van der Waals surface area (Å²) in [6.07, 6.45) is 0. The van der Waals surface area contributed by atoms with Gasteiger partial charge in [-0.1, -0.05) is 23.1 Å². The van der Waals surface area contributed by atoms with E-state index in [4.69, 9.17) is 0 Å². The monoisotopic (exact) mass is 288 g/mol. The Balaban J connectivity index is 2.44. The van der Waals surface area contributed by atoms with Crippen molar-refractivity contribution in [2.24, 2.45) is 0 Å². The molecule has 1 aromatic rings. The predicted octanol–water partition coefficient (Wildman–Crippen LogP) is 1.56. The van der Waals surface area contributed by atoms with Crippen molar-refractivity contribution in [1.82, 2.24) is 20.8 Å². The molecule has 0 radical (unpaired) electrons. The maximum atomic E-state index is 11.7. The van der Waals surface area contributed by atoms with Gasteiger partial charge in [0.05, 0.1) is 5.25 Å². The van der Waals surface area contributed by atoms with Crippen molar-refractivity contribution in [2.75, 3.05) is 0 Å². The maximum absolute atomic E-state index is 11.7. The first-order valence-corrected chi connectivity index (χ1v) is 7.16. The molecule has 8 heteroatoms. The second kappa shape index (κ2) is 6.69. The van der Waals surface area contributed by atoms with Gasteiger partial charge in [0, 0.05) is 6.04 Å². The van der Waals surface area contributed by atoms with Crippen LogP contribution in [0, 0.1) is 6.92 Å². The fourth-order valence-corrected chi connectivity index (χ4v) is 3.00. The van der Waals surface area contributed by atoms with Gasteiger partial charge in [-0.25, -0.2) is 4.79 Å². The number of carbonyl (C=O) groups excluding carboxylic acids is 2. The third-order valence-corrected chi connectivity index (χ3v) is 3.83. The van der Waals surface area contributed by atoms with Crippen molar-refractivity contribution in [1.29, 1.82) is 0 Å². The zero-order valence-corrected chi connectivity index (χ0v) is 12.3. The second-order valence-corrected chi connectivity index (χ2v) is 6.73. The Bertz CT molecular complexity index is 433. The second-order valence-electron chi connectivity index (χ2n) is 3.96. The first kappa shape index (κ1) is 14.9. The Labute approximate surface area is 114 Å². The number of nitrogens with one attached hydrogen (secondary N) is 2. The van der Waals surface area contributed by atoms with E-state index in [0.717, 1.165) is 9.35 Å². The highest BCUT2D eigenvalue weighted by Gasteiger charge is 2.18. The number of carbonyl (C=O) groups is 2. The molecular weight excluding hydrogens is 272 g/mol. The van der Waals surface area contributed by atoms with E-state index in [-0.39, 0.29) is 11.9 Å². The van der Waals surface area contributed by atoms with Gasteiger partial charge in [0.15, 0.2) is 4.34 Å². The summed E-state index contributed by atoms with van der Waals surface area (Å²) in [5.74, 6) is -0.342. The maximum Gasteiger partial charge on any atom is 0.321 e. The number of nitrogens with zero attached hydrogens (tertiary/aromatic N) is 2. The molecule has 6 nitrogen and oxygen atoms in total. The van der Waals surface area contributed by atoms with Gasteiger partial charge in [-0.3, -0.25) is 10.1 Å². The summed E-state index contributed by atoms with van der Waals surface area (Å²) >= 11 is 2.71. The lowest BCUT2D eigenvalue weighted by atomic mass is 10.4. The molecule has 0 spiro atoms. The van der Waals surface area contributed by atoms with Crippen molar-refractivity contribution < 1.29 is 9.59 Å². The Morgan fingerprint density at radius 3 is 2.44 bits per heavy atom. The van der Waals surface area contributed by atoms with E-state index in [0.29, 0.717) is 0 Å². The minimum absolute atomic E-state index is 0.00780. The third-order valence-electron chi connectivity index (χ3n) is 1.81. The van der Waals surface area contributed by atoms with E-state index in [9.17, 15) is 9.59 Å². The minimum atomic E-state index is -0.476. The average Bonchev–Trinajstić information content (AvgIpc) is 2.62. The number of hydrogen-bond donors (Lipinski definition) is 2. The topological polar surface area (TPSA) is 84.0 Å². The first-order valence-electron chi connectivity index (χ1n) is 5.46. The normalized spacial score (nSPS) is 12.3. The molecule has 100 valence electrons. The Morgan fingerprint density at radius 2 is 1.94 bits per heavy atom. The van der Waals surface area contributed by atoms with Crippen molar-refractivity contribution in [3.05, 3.63) is 5.01 Å². The van der Waals surface area contributed by atoms with Crippen LogP contribution in [-0.4, -0.2) is 33.4 Å². The summed E-state index contributed by atoms with van der Waals surface area (Å²) in [7, 11) is 0. The highest BCUT2D eigenvalue weighted by molar-refractivity contribution is 8.02. The summed E-state index contributed by atoms with van der Waals surface area (Å²) in [5, 5.41) is 13.1. The first-order chi connectivity index (χ1) is 8.38. The average molecular weight is 288 g/mol. The fourth-order valence-electron chi connectivity index (χ4n) is 1.04. The number of aryl methyl sites for hydroxylation is 1. The number of imide groups is 1. The zero-order valence-electron chi connectivity index (χ0n) is 10.7. The molecule has 0 aliphatic carbocycles. The summed E-state index contributed by atoms with van der Waals surface area (Å²) in [6.45, 7) is 7.22. The predicted molar refractivity (Wildman–Crippen MR) is 71.8 cm³/mol. The van der Waals surface area contributed by atoms with Crippen LogP contribution in [0.2, 0.25) is 0 Å². The molecule has 1 atom stereocenters. The highest BCUT2D eigenvalue weighted by Crippen LogP contribution is 2.25. The number of rotatable bonds is 4. The molecule has 18 heavy (non-hydrogen) atoms. The minimum Gasteiger partial charge on any atom is -0.336 e. The molecule has 0 aromatic carbocycles. The molecular formula is C10H16N4O2S2. The zero-order chi connectivity index (χ0) is 13.7. The van der Waals surface area contributed by atoms with Gasteiger partial charge in [0.2, 0.25) is 5.91 Å². The van der Waals surface area contributed by atoms with Gasteiger partial charge in [0.25, 0.3) is 0 Å². The van der Waals surface area contributed by atoms with Crippen LogP contribution in [0.1, 0.15) is 25.8 Å². The van der Waals surface area contributed by atoms with Gasteiger partial charge in [-0.05, 0) is 27.7 Å². The van der Waals surface area contributed by atoms with Crippen molar-refractivity contribution in [2.45, 2.75) is 43.3 Å². The van der Waals surface area contributed by atoms with Gasteiger partial charge < -0.3 is 5.32 Å². The molecule has 3 amide bonds. The largest absolute Gasteiger partial charge is 0.336 e. The van der Waals surface area contributed by atoms with E-state index >= 15 is 0 Å². The summed E-state index contributed by atoms with van der Waals surface area (Å²) in [5.41, 5.74) is 0. The number of aromatic nitrogens is 2. The van der Waals surface area contributed by atoms with Crippen molar-refractivity contribution >= 4 is 35.0 Å². The van der Waals surface area contributed by atoms with Crippen LogP contribution in [0.15, 0.2) is 4.34 Å². The molecule has 1 aromatic heterocycles. The Hall–Kier alpha value is -1.15. The van der Waals surface area contributed by atoms with Crippen LogP contribution >= 0.6 is 23.1 Å². The Kier molecular flexibility index (Phi) is 5.54. The SMILES string of the molecule is Cc1nnc(S[C@@H](C)C(=O)NC(=O)NC(C)C)s1. The molecule has 1 heterocycles. The molecule has 0 fully saturated rings. The van der Waals surface area contributed by atoms with Gasteiger partial charge >= 0.3 is 6.03 Å². The number of amides is 3. The number of thioether (sulfide) groups is 1. The van der Waals surface area contributed by atoms with Crippen molar-refractivity contribution in [3.8, 4) is 0 Å². The summed E-state index contributed by atoms with van der Waals surface area (Å²) < 4.78 is 0.722. The van der Waals surface area contributed by atoms with Crippen molar-refractivity contribution in [3.63, 3.8) is 0 Å². The number of urea groups is 1. The van der Waals surface area contributed by atoms with Crippen LogP contribution in [-0.2, 0) is 4.79 Å².